The Morgan fingerprint density at radius 1 is 1.09 bits per heavy atom. The van der Waals surface area contributed by atoms with Crippen molar-refractivity contribution in [2.24, 2.45) is 5.92 Å². The lowest BCUT2D eigenvalue weighted by Gasteiger charge is -2.17. The normalized spacial score (nSPS) is 16.3. The van der Waals surface area contributed by atoms with E-state index in [-0.39, 0.29) is 10.8 Å². The highest BCUT2D eigenvalue weighted by Gasteiger charge is 2.28. The van der Waals surface area contributed by atoms with Crippen LogP contribution in [0.1, 0.15) is 38.5 Å². The minimum absolute atomic E-state index is 0.0737. The number of carbonyl (C=O) groups is 1. The van der Waals surface area contributed by atoms with E-state index >= 15 is 0 Å². The Bertz CT molecular complexity index is 1500. The van der Waals surface area contributed by atoms with Crippen molar-refractivity contribution in [2.75, 3.05) is 13.2 Å². The topological polar surface area (TPSA) is 145 Å². The zero-order chi connectivity index (χ0) is 24.7. The lowest BCUT2D eigenvalue weighted by Crippen LogP contribution is -2.44. The van der Waals surface area contributed by atoms with Gasteiger partial charge in [-0.15, -0.1) is 0 Å². The Balaban J connectivity index is 1.47. The van der Waals surface area contributed by atoms with Gasteiger partial charge in [-0.1, -0.05) is 19.0 Å². The molecule has 11 heteroatoms. The highest BCUT2D eigenvalue weighted by molar-refractivity contribution is 7.89. The standard InChI is InChI=1S/C24H25N3O7S/c1-13(2)21(24(28)29)27-35(30,31)16-4-5-17-18-11-15(3-6-19(18)33-20(17)12-16)22-25-23(34-26-22)14-7-9-32-10-8-14/h3-6,11-14,21,27H,7-10H2,1-2H3,(H,28,29)/t21-/m0/s1. The van der Waals surface area contributed by atoms with Gasteiger partial charge in [0.25, 0.3) is 0 Å². The van der Waals surface area contributed by atoms with Crippen LogP contribution in [-0.2, 0) is 19.6 Å². The van der Waals surface area contributed by atoms with Gasteiger partial charge in [0.2, 0.25) is 21.7 Å². The van der Waals surface area contributed by atoms with Crippen molar-refractivity contribution >= 4 is 37.9 Å². The fourth-order valence-corrected chi connectivity index (χ4v) is 5.59. The lowest BCUT2D eigenvalue weighted by molar-refractivity contribution is -0.140. The van der Waals surface area contributed by atoms with E-state index in [9.17, 15) is 18.3 Å². The maximum Gasteiger partial charge on any atom is 0.322 e. The number of ether oxygens (including phenoxy) is 1. The molecule has 0 amide bonds. The number of aliphatic carboxylic acids is 1. The molecule has 0 aliphatic carbocycles. The summed E-state index contributed by atoms with van der Waals surface area (Å²) in [5, 5.41) is 15.0. The largest absolute Gasteiger partial charge is 0.480 e. The highest BCUT2D eigenvalue weighted by Crippen LogP contribution is 2.34. The molecule has 1 aliphatic rings. The fraction of sp³-hybridized carbons (Fsp3) is 0.375. The van der Waals surface area contributed by atoms with Gasteiger partial charge in [0.1, 0.15) is 17.2 Å². The number of hydrogen-bond donors (Lipinski definition) is 2. The van der Waals surface area contributed by atoms with Crippen LogP contribution in [0.4, 0.5) is 0 Å². The maximum atomic E-state index is 12.8. The number of nitrogens with zero attached hydrogens (tertiary/aromatic N) is 2. The van der Waals surface area contributed by atoms with Gasteiger partial charge in [-0.25, -0.2) is 8.42 Å². The molecule has 5 rings (SSSR count). The highest BCUT2D eigenvalue weighted by atomic mass is 32.2. The minimum Gasteiger partial charge on any atom is -0.480 e. The van der Waals surface area contributed by atoms with Crippen LogP contribution < -0.4 is 4.72 Å². The van der Waals surface area contributed by atoms with Crippen molar-refractivity contribution in [1.82, 2.24) is 14.9 Å². The van der Waals surface area contributed by atoms with Gasteiger partial charge in [0, 0.05) is 41.5 Å². The molecule has 0 radical (unpaired) electrons. The third-order valence-corrected chi connectivity index (χ3v) is 7.68. The summed E-state index contributed by atoms with van der Waals surface area (Å²) < 4.78 is 44.7. The second kappa shape index (κ2) is 9.06. The Morgan fingerprint density at radius 2 is 1.86 bits per heavy atom. The van der Waals surface area contributed by atoms with Crippen LogP contribution in [-0.4, -0.2) is 48.9 Å². The summed E-state index contributed by atoms with van der Waals surface area (Å²) in [6.07, 6.45) is 1.69. The summed E-state index contributed by atoms with van der Waals surface area (Å²) in [6.45, 7) is 4.63. The number of furan rings is 1. The zero-order valence-corrected chi connectivity index (χ0v) is 20.0. The smallest absolute Gasteiger partial charge is 0.322 e. The van der Waals surface area contributed by atoms with Gasteiger partial charge in [0.05, 0.1) is 4.90 Å². The Labute approximate surface area is 201 Å². The van der Waals surface area contributed by atoms with Crippen LogP contribution in [0.15, 0.2) is 50.2 Å². The summed E-state index contributed by atoms with van der Waals surface area (Å²) in [7, 11) is -4.07. The molecule has 0 unspecified atom stereocenters. The van der Waals surface area contributed by atoms with E-state index < -0.39 is 28.0 Å². The van der Waals surface area contributed by atoms with Gasteiger partial charge in [0.15, 0.2) is 0 Å². The van der Waals surface area contributed by atoms with E-state index in [4.69, 9.17) is 13.7 Å². The monoisotopic (exact) mass is 499 g/mol. The first-order valence-electron chi connectivity index (χ1n) is 11.4. The molecule has 0 saturated carbocycles. The summed E-state index contributed by atoms with van der Waals surface area (Å²) in [5.41, 5.74) is 1.69. The summed E-state index contributed by atoms with van der Waals surface area (Å²) in [6, 6.07) is 8.72. The molecule has 35 heavy (non-hydrogen) atoms. The summed E-state index contributed by atoms with van der Waals surface area (Å²) in [5.74, 6) is -0.396. The molecule has 2 aromatic carbocycles. The zero-order valence-electron chi connectivity index (χ0n) is 19.2. The van der Waals surface area contributed by atoms with Crippen molar-refractivity contribution in [3.05, 3.63) is 42.3 Å². The first-order valence-corrected chi connectivity index (χ1v) is 12.8. The molecule has 1 aliphatic heterocycles. The van der Waals surface area contributed by atoms with E-state index in [0.29, 0.717) is 41.5 Å². The number of carboxylic acid groups (broad SMARTS) is 1. The average Bonchev–Trinajstić information content (AvgIpc) is 3.47. The summed E-state index contributed by atoms with van der Waals surface area (Å²) in [4.78, 5) is 16.0. The lowest BCUT2D eigenvalue weighted by atomic mass is 10.0. The van der Waals surface area contributed by atoms with Crippen molar-refractivity contribution in [3.8, 4) is 11.4 Å². The number of hydrogen-bond acceptors (Lipinski definition) is 8. The number of aromatic nitrogens is 2. The number of sulfonamides is 1. The van der Waals surface area contributed by atoms with Crippen LogP contribution in [0, 0.1) is 5.92 Å². The molecule has 184 valence electrons. The molecular weight excluding hydrogens is 474 g/mol. The first kappa shape index (κ1) is 23.5. The first-order chi connectivity index (χ1) is 16.7. The van der Waals surface area contributed by atoms with Crippen LogP contribution >= 0.6 is 0 Å². The van der Waals surface area contributed by atoms with E-state index in [0.717, 1.165) is 23.8 Å². The van der Waals surface area contributed by atoms with Gasteiger partial charge >= 0.3 is 5.97 Å². The van der Waals surface area contributed by atoms with Gasteiger partial charge in [-0.3, -0.25) is 4.79 Å². The number of carboxylic acids is 1. The number of nitrogens with one attached hydrogen (secondary N) is 1. The molecule has 1 fully saturated rings. The molecule has 1 saturated heterocycles. The van der Waals surface area contributed by atoms with Crippen molar-refractivity contribution in [2.45, 2.75) is 43.5 Å². The van der Waals surface area contributed by atoms with E-state index in [1.54, 1.807) is 26.0 Å². The SMILES string of the molecule is CC(C)[C@H](NS(=O)(=O)c1ccc2c(c1)oc1ccc(-c3noc(C4CCOCC4)n3)cc12)C(=O)O. The minimum atomic E-state index is -4.07. The number of fused-ring (bicyclic) bond motifs is 3. The van der Waals surface area contributed by atoms with Crippen molar-refractivity contribution in [1.29, 1.82) is 0 Å². The Kier molecular flexibility index (Phi) is 6.07. The molecule has 0 bridgehead atoms. The quantitative estimate of drug-likeness (QED) is 0.386. The molecule has 0 spiro atoms. The van der Waals surface area contributed by atoms with E-state index in [2.05, 4.69) is 14.9 Å². The molecule has 10 nitrogen and oxygen atoms in total. The molecule has 2 aromatic heterocycles. The summed E-state index contributed by atoms with van der Waals surface area (Å²) >= 11 is 0. The van der Waals surface area contributed by atoms with Gasteiger partial charge in [-0.2, -0.15) is 9.71 Å². The van der Waals surface area contributed by atoms with E-state index in [1.807, 2.05) is 12.1 Å². The molecule has 1 atom stereocenters. The van der Waals surface area contributed by atoms with Crippen LogP contribution in [0.5, 0.6) is 0 Å². The second-order valence-electron chi connectivity index (χ2n) is 9.00. The Morgan fingerprint density at radius 3 is 2.57 bits per heavy atom. The van der Waals surface area contributed by atoms with Crippen LogP contribution in [0.25, 0.3) is 33.3 Å². The molecule has 3 heterocycles. The maximum absolute atomic E-state index is 12.8. The molecule has 2 N–H and O–H groups in total. The molecule has 4 aromatic rings. The predicted octanol–water partition coefficient (Wildman–Crippen LogP) is 3.92. The predicted molar refractivity (Wildman–Crippen MR) is 126 cm³/mol. The van der Waals surface area contributed by atoms with Crippen LogP contribution in [0.3, 0.4) is 0 Å². The van der Waals surface area contributed by atoms with Crippen LogP contribution in [0.2, 0.25) is 0 Å². The van der Waals surface area contributed by atoms with E-state index in [1.165, 1.54) is 12.1 Å². The average molecular weight is 500 g/mol. The number of rotatable bonds is 7. The van der Waals surface area contributed by atoms with Gasteiger partial charge < -0.3 is 18.8 Å². The number of benzene rings is 2. The Hall–Kier alpha value is -3.28. The third-order valence-electron chi connectivity index (χ3n) is 6.24. The fourth-order valence-electron chi connectivity index (χ4n) is 4.23. The third kappa shape index (κ3) is 4.54. The molecular formula is C24H25N3O7S. The van der Waals surface area contributed by atoms with Crippen molar-refractivity contribution < 1.29 is 32.0 Å². The van der Waals surface area contributed by atoms with Crippen molar-refractivity contribution in [3.63, 3.8) is 0 Å². The van der Waals surface area contributed by atoms with Gasteiger partial charge in [-0.05, 0) is 49.1 Å². The second-order valence-corrected chi connectivity index (χ2v) is 10.7.